The number of amides is 1. The van der Waals surface area contributed by atoms with E-state index in [4.69, 9.17) is 0 Å². The van der Waals surface area contributed by atoms with Gasteiger partial charge in [0.2, 0.25) is 11.7 Å². The Hall–Kier alpha value is -1.99. The highest BCUT2D eigenvalue weighted by Crippen LogP contribution is 2.14. The lowest BCUT2D eigenvalue weighted by Crippen LogP contribution is -2.40. The average Bonchev–Trinajstić information content (AvgIpc) is 3.11. The van der Waals surface area contributed by atoms with Gasteiger partial charge in [0.15, 0.2) is 0 Å². The van der Waals surface area contributed by atoms with Crippen LogP contribution in [0, 0.1) is 5.92 Å². The standard InChI is InChI=1S/C16H22N6O.ClH/c1-12(16(23)18-11-13-6-5-9-17-10-13)22-20-15(19-21-22)14-7-3-2-4-8-14;/h2-4,7-8,12-13,17H,5-6,9-11H2,1H3,(H,18,23);1H. The van der Waals surface area contributed by atoms with Crippen molar-refractivity contribution >= 4 is 18.3 Å². The van der Waals surface area contributed by atoms with Gasteiger partial charge in [-0.05, 0) is 44.0 Å². The summed E-state index contributed by atoms with van der Waals surface area (Å²) in [7, 11) is 0. The Labute approximate surface area is 147 Å². The highest BCUT2D eigenvalue weighted by atomic mass is 35.5. The number of rotatable bonds is 5. The zero-order valence-electron chi connectivity index (χ0n) is 13.7. The van der Waals surface area contributed by atoms with Crippen LogP contribution in [0.2, 0.25) is 0 Å². The minimum Gasteiger partial charge on any atom is -0.354 e. The van der Waals surface area contributed by atoms with Crippen molar-refractivity contribution in [2.75, 3.05) is 19.6 Å². The van der Waals surface area contributed by atoms with Crippen LogP contribution in [0.5, 0.6) is 0 Å². The normalized spacial score (nSPS) is 18.5. The molecule has 24 heavy (non-hydrogen) atoms. The van der Waals surface area contributed by atoms with Crippen LogP contribution in [0.3, 0.4) is 0 Å². The monoisotopic (exact) mass is 350 g/mol. The maximum Gasteiger partial charge on any atom is 0.246 e. The van der Waals surface area contributed by atoms with E-state index < -0.39 is 6.04 Å². The van der Waals surface area contributed by atoms with E-state index in [0.717, 1.165) is 25.1 Å². The van der Waals surface area contributed by atoms with E-state index in [-0.39, 0.29) is 18.3 Å². The molecule has 0 bridgehead atoms. The van der Waals surface area contributed by atoms with E-state index in [1.807, 2.05) is 30.3 Å². The highest BCUT2D eigenvalue weighted by molar-refractivity contribution is 5.85. The van der Waals surface area contributed by atoms with Gasteiger partial charge in [0.25, 0.3) is 0 Å². The second-order valence-corrected chi connectivity index (χ2v) is 5.93. The zero-order valence-corrected chi connectivity index (χ0v) is 14.5. The largest absolute Gasteiger partial charge is 0.354 e. The molecule has 2 atom stereocenters. The molecule has 1 aliphatic heterocycles. The lowest BCUT2D eigenvalue weighted by Gasteiger charge is -2.23. The smallest absolute Gasteiger partial charge is 0.246 e. The number of carbonyl (C=O) groups excluding carboxylic acids is 1. The molecule has 2 aromatic rings. The predicted octanol–water partition coefficient (Wildman–Crippen LogP) is 1.44. The fraction of sp³-hybridized carbons (Fsp3) is 0.500. The number of hydrogen-bond acceptors (Lipinski definition) is 5. The molecule has 2 unspecified atom stereocenters. The first-order chi connectivity index (χ1) is 11.2. The molecule has 0 aliphatic carbocycles. The van der Waals surface area contributed by atoms with E-state index in [0.29, 0.717) is 18.3 Å². The fourth-order valence-corrected chi connectivity index (χ4v) is 2.69. The number of halogens is 1. The maximum atomic E-state index is 12.3. The number of nitrogens with zero attached hydrogens (tertiary/aromatic N) is 4. The van der Waals surface area contributed by atoms with Gasteiger partial charge in [-0.25, -0.2) is 0 Å². The minimum atomic E-state index is -0.475. The molecule has 0 saturated carbocycles. The quantitative estimate of drug-likeness (QED) is 0.852. The third kappa shape index (κ3) is 4.52. The second kappa shape index (κ2) is 8.75. The van der Waals surface area contributed by atoms with Crippen LogP contribution < -0.4 is 10.6 Å². The van der Waals surface area contributed by atoms with Gasteiger partial charge in [-0.15, -0.1) is 22.6 Å². The number of hydrogen-bond donors (Lipinski definition) is 2. The van der Waals surface area contributed by atoms with Crippen LogP contribution in [0.4, 0.5) is 0 Å². The summed E-state index contributed by atoms with van der Waals surface area (Å²) < 4.78 is 0. The molecule has 2 N–H and O–H groups in total. The first-order valence-corrected chi connectivity index (χ1v) is 8.07. The number of carbonyl (C=O) groups is 1. The minimum absolute atomic E-state index is 0. The Balaban J connectivity index is 0.00000208. The first-order valence-electron chi connectivity index (χ1n) is 8.07. The number of aromatic nitrogens is 4. The molecular weight excluding hydrogens is 328 g/mol. The zero-order chi connectivity index (χ0) is 16.1. The summed E-state index contributed by atoms with van der Waals surface area (Å²) in [6.07, 6.45) is 2.32. The van der Waals surface area contributed by atoms with Gasteiger partial charge < -0.3 is 10.6 Å². The SMILES string of the molecule is CC(C(=O)NCC1CCCNC1)n1nnc(-c2ccccc2)n1.Cl. The van der Waals surface area contributed by atoms with Crippen molar-refractivity contribution in [3.05, 3.63) is 30.3 Å². The number of benzene rings is 1. The first kappa shape index (κ1) is 18.4. The third-order valence-electron chi connectivity index (χ3n) is 4.15. The fourth-order valence-electron chi connectivity index (χ4n) is 2.69. The summed E-state index contributed by atoms with van der Waals surface area (Å²) in [6.45, 7) is 4.52. The molecular formula is C16H23ClN6O. The summed E-state index contributed by atoms with van der Waals surface area (Å²) in [5, 5.41) is 18.7. The van der Waals surface area contributed by atoms with Crippen molar-refractivity contribution < 1.29 is 4.79 Å². The molecule has 1 fully saturated rings. The molecule has 1 saturated heterocycles. The Morgan fingerprint density at radius 1 is 1.42 bits per heavy atom. The summed E-state index contributed by atoms with van der Waals surface area (Å²) >= 11 is 0. The molecule has 1 aromatic carbocycles. The molecule has 7 nitrogen and oxygen atoms in total. The van der Waals surface area contributed by atoms with Crippen LogP contribution in [-0.2, 0) is 4.79 Å². The molecule has 1 aliphatic rings. The van der Waals surface area contributed by atoms with E-state index >= 15 is 0 Å². The van der Waals surface area contributed by atoms with Crippen molar-refractivity contribution in [2.45, 2.75) is 25.8 Å². The lowest BCUT2D eigenvalue weighted by atomic mass is 10.00. The van der Waals surface area contributed by atoms with Crippen LogP contribution >= 0.6 is 12.4 Å². The second-order valence-electron chi connectivity index (χ2n) is 5.93. The van der Waals surface area contributed by atoms with Crippen molar-refractivity contribution in [2.24, 2.45) is 5.92 Å². The van der Waals surface area contributed by atoms with Crippen LogP contribution in [0.1, 0.15) is 25.8 Å². The summed E-state index contributed by atoms with van der Waals surface area (Å²) in [5.74, 6) is 0.956. The van der Waals surface area contributed by atoms with Crippen LogP contribution in [-0.4, -0.2) is 45.7 Å². The van der Waals surface area contributed by atoms with Crippen LogP contribution in [0.15, 0.2) is 30.3 Å². The van der Waals surface area contributed by atoms with Crippen molar-refractivity contribution in [1.82, 2.24) is 30.8 Å². The van der Waals surface area contributed by atoms with Crippen molar-refractivity contribution in [3.63, 3.8) is 0 Å². The average molecular weight is 351 g/mol. The van der Waals surface area contributed by atoms with Crippen LogP contribution in [0.25, 0.3) is 11.4 Å². The number of nitrogens with one attached hydrogen (secondary N) is 2. The lowest BCUT2D eigenvalue weighted by molar-refractivity contribution is -0.124. The molecule has 1 amide bonds. The highest BCUT2D eigenvalue weighted by Gasteiger charge is 2.20. The van der Waals surface area contributed by atoms with Gasteiger partial charge in [0.1, 0.15) is 6.04 Å². The van der Waals surface area contributed by atoms with Gasteiger partial charge in [0.05, 0.1) is 0 Å². The van der Waals surface area contributed by atoms with Crippen molar-refractivity contribution in [1.29, 1.82) is 0 Å². The number of piperidine rings is 1. The Morgan fingerprint density at radius 2 is 2.21 bits per heavy atom. The third-order valence-corrected chi connectivity index (χ3v) is 4.15. The Bertz CT molecular complexity index is 641. The van der Waals surface area contributed by atoms with Crippen molar-refractivity contribution in [3.8, 4) is 11.4 Å². The molecule has 0 spiro atoms. The summed E-state index contributed by atoms with van der Waals surface area (Å²) in [6, 6.07) is 9.14. The van der Waals surface area contributed by atoms with E-state index in [9.17, 15) is 4.79 Å². The predicted molar refractivity (Wildman–Crippen MR) is 93.8 cm³/mol. The molecule has 2 heterocycles. The Morgan fingerprint density at radius 3 is 2.92 bits per heavy atom. The van der Waals surface area contributed by atoms with Gasteiger partial charge in [-0.3, -0.25) is 4.79 Å². The molecule has 8 heteroatoms. The van der Waals surface area contributed by atoms with Gasteiger partial charge >= 0.3 is 0 Å². The molecule has 0 radical (unpaired) electrons. The maximum absolute atomic E-state index is 12.3. The molecule has 3 rings (SSSR count). The van der Waals surface area contributed by atoms with E-state index in [2.05, 4.69) is 26.0 Å². The Kier molecular flexibility index (Phi) is 6.69. The van der Waals surface area contributed by atoms with E-state index in [1.165, 1.54) is 11.2 Å². The summed E-state index contributed by atoms with van der Waals surface area (Å²) in [4.78, 5) is 13.6. The number of tetrazole rings is 1. The topological polar surface area (TPSA) is 84.7 Å². The summed E-state index contributed by atoms with van der Waals surface area (Å²) in [5.41, 5.74) is 0.889. The van der Waals surface area contributed by atoms with Gasteiger partial charge in [-0.2, -0.15) is 4.80 Å². The van der Waals surface area contributed by atoms with Gasteiger partial charge in [-0.1, -0.05) is 30.3 Å². The molecule has 130 valence electrons. The van der Waals surface area contributed by atoms with E-state index in [1.54, 1.807) is 6.92 Å². The molecule has 1 aromatic heterocycles. The van der Waals surface area contributed by atoms with Gasteiger partial charge in [0, 0.05) is 12.1 Å².